The second-order valence-corrected chi connectivity index (χ2v) is 6.04. The van der Waals surface area contributed by atoms with Gasteiger partial charge >= 0.3 is 0 Å². The minimum absolute atomic E-state index is 1.18. The number of hydrogen-bond acceptors (Lipinski definition) is 0. The van der Waals surface area contributed by atoms with Crippen molar-refractivity contribution in [2.75, 3.05) is 0 Å². The van der Waals surface area contributed by atoms with E-state index in [1.807, 2.05) is 0 Å². The summed E-state index contributed by atoms with van der Waals surface area (Å²) >= 11 is 0. The highest BCUT2D eigenvalue weighted by atomic mass is 14.0. The van der Waals surface area contributed by atoms with Gasteiger partial charge in [-0.1, -0.05) is 90.9 Å². The van der Waals surface area contributed by atoms with Crippen molar-refractivity contribution in [1.29, 1.82) is 0 Å². The summed E-state index contributed by atoms with van der Waals surface area (Å²) in [7, 11) is 0. The average Bonchev–Trinajstić information content (AvgIpc) is 2.47. The summed E-state index contributed by atoms with van der Waals surface area (Å²) in [5, 5.41) is 0. The monoisotopic (exact) mass is 278 g/mol. The summed E-state index contributed by atoms with van der Waals surface area (Å²) < 4.78 is 0. The van der Waals surface area contributed by atoms with E-state index in [1.165, 1.54) is 96.3 Å². The molecule has 0 aromatic heterocycles. The molecule has 118 valence electrons. The smallest absolute Gasteiger partial charge is 0.0274 e. The Bertz CT molecular complexity index is 220. The van der Waals surface area contributed by atoms with E-state index in [9.17, 15) is 0 Å². The predicted molar refractivity (Wildman–Crippen MR) is 93.3 cm³/mol. The Balaban J connectivity index is 3.04. The van der Waals surface area contributed by atoms with Crippen molar-refractivity contribution >= 4 is 0 Å². The third kappa shape index (κ3) is 17.5. The molecule has 0 fully saturated rings. The maximum absolute atomic E-state index is 3.28. The van der Waals surface area contributed by atoms with E-state index in [0.29, 0.717) is 0 Å². The van der Waals surface area contributed by atoms with Gasteiger partial charge in [-0.2, -0.15) is 0 Å². The second-order valence-electron chi connectivity index (χ2n) is 6.04. The molecule has 0 heterocycles. The van der Waals surface area contributed by atoms with Crippen LogP contribution in [0.3, 0.4) is 0 Å². The van der Waals surface area contributed by atoms with Crippen molar-refractivity contribution in [3.8, 4) is 0 Å². The molecule has 0 unspecified atom stereocenters. The summed E-state index contributed by atoms with van der Waals surface area (Å²) in [6, 6.07) is 0. The number of hydrogen-bond donors (Lipinski definition) is 0. The Hall–Kier alpha value is -0.480. The summed E-state index contributed by atoms with van der Waals surface area (Å²) in [6.45, 7) is 4.50. The van der Waals surface area contributed by atoms with Gasteiger partial charge in [0.2, 0.25) is 0 Å². The Morgan fingerprint density at radius 2 is 0.950 bits per heavy atom. The third-order valence-electron chi connectivity index (χ3n) is 3.87. The fraction of sp³-hybridized carbons (Fsp3) is 0.850. The average molecular weight is 279 g/mol. The van der Waals surface area contributed by atoms with Crippen molar-refractivity contribution in [2.45, 2.75) is 110 Å². The molecule has 0 aliphatic rings. The van der Waals surface area contributed by atoms with Crippen LogP contribution in [-0.2, 0) is 0 Å². The van der Waals surface area contributed by atoms with Crippen molar-refractivity contribution in [3.05, 3.63) is 17.9 Å². The third-order valence-corrected chi connectivity index (χ3v) is 3.87. The Morgan fingerprint density at radius 3 is 1.45 bits per heavy atom. The van der Waals surface area contributed by atoms with Crippen molar-refractivity contribution in [2.24, 2.45) is 0 Å². The molecule has 0 radical (unpaired) electrons. The van der Waals surface area contributed by atoms with Gasteiger partial charge in [0.1, 0.15) is 0 Å². The molecule has 0 saturated carbocycles. The summed E-state index contributed by atoms with van der Waals surface area (Å²) in [5.41, 5.74) is 3.28. The molecule has 0 atom stereocenters. The molecule has 0 amide bonds. The lowest BCUT2D eigenvalue weighted by atomic mass is 10.0. The van der Waals surface area contributed by atoms with Crippen LogP contribution in [-0.4, -0.2) is 0 Å². The van der Waals surface area contributed by atoms with Crippen LogP contribution in [0.4, 0.5) is 0 Å². The fourth-order valence-corrected chi connectivity index (χ4v) is 2.48. The molecule has 0 aromatic rings. The van der Waals surface area contributed by atoms with Crippen LogP contribution >= 0.6 is 0 Å². The quantitative estimate of drug-likeness (QED) is 0.214. The highest BCUT2D eigenvalue weighted by Crippen LogP contribution is 2.12. The Kier molecular flexibility index (Phi) is 18.1. The maximum atomic E-state index is 3.28. The van der Waals surface area contributed by atoms with Crippen LogP contribution in [0.1, 0.15) is 110 Å². The molecule has 0 spiro atoms. The zero-order valence-corrected chi connectivity index (χ0v) is 14.3. The van der Waals surface area contributed by atoms with Gasteiger partial charge in [0, 0.05) is 0 Å². The Labute approximate surface area is 128 Å². The van der Waals surface area contributed by atoms with E-state index in [2.05, 4.69) is 31.7 Å². The summed E-state index contributed by atoms with van der Waals surface area (Å²) in [4.78, 5) is 0. The number of rotatable bonds is 15. The second kappa shape index (κ2) is 18.5. The van der Waals surface area contributed by atoms with E-state index < -0.39 is 0 Å². The number of unbranched alkanes of at least 4 members (excludes halogenated alkanes) is 13. The molecule has 0 N–H and O–H groups in total. The van der Waals surface area contributed by atoms with Gasteiger partial charge < -0.3 is 0 Å². The Morgan fingerprint density at radius 1 is 0.500 bits per heavy atom. The molecular formula is C20H38. The summed E-state index contributed by atoms with van der Waals surface area (Å²) in [5.74, 6) is 0. The highest BCUT2D eigenvalue weighted by Gasteiger charge is 1.92. The molecule has 0 nitrogen and oxygen atoms in total. The standard InChI is InChI=1S/C20H38/c1-3-5-7-9-11-13-15-17-19-20-18-16-14-12-10-8-6-4-2/h7,11H,3-6,8,10,12-20H2,1-2H3. The van der Waals surface area contributed by atoms with Crippen LogP contribution in [0.25, 0.3) is 0 Å². The van der Waals surface area contributed by atoms with E-state index in [1.54, 1.807) is 0 Å². The highest BCUT2D eigenvalue weighted by molar-refractivity contribution is 4.84. The molecule has 0 bridgehead atoms. The normalized spacial score (nSPS) is 10.3. The van der Waals surface area contributed by atoms with Crippen LogP contribution in [0.2, 0.25) is 0 Å². The lowest BCUT2D eigenvalue weighted by molar-refractivity contribution is 0.545. The van der Waals surface area contributed by atoms with E-state index in [0.717, 1.165) is 0 Å². The largest absolute Gasteiger partial charge is 0.130 e. The zero-order valence-electron chi connectivity index (χ0n) is 14.3. The zero-order chi connectivity index (χ0) is 14.7. The first-order valence-electron chi connectivity index (χ1n) is 9.31. The lowest BCUT2D eigenvalue weighted by Gasteiger charge is -2.02. The van der Waals surface area contributed by atoms with Crippen LogP contribution in [0, 0.1) is 0 Å². The minimum atomic E-state index is 1.18. The first-order chi connectivity index (χ1) is 9.91. The number of allylic oxidation sites excluding steroid dienone is 1. The molecule has 0 saturated heterocycles. The van der Waals surface area contributed by atoms with Crippen molar-refractivity contribution < 1.29 is 0 Å². The fourth-order valence-electron chi connectivity index (χ4n) is 2.48. The van der Waals surface area contributed by atoms with Crippen molar-refractivity contribution in [1.82, 2.24) is 0 Å². The predicted octanol–water partition coefficient (Wildman–Crippen LogP) is 7.59. The van der Waals surface area contributed by atoms with E-state index in [-0.39, 0.29) is 0 Å². The van der Waals surface area contributed by atoms with Crippen LogP contribution in [0.5, 0.6) is 0 Å². The molecule has 0 aliphatic heterocycles. The summed E-state index contributed by atoms with van der Waals surface area (Å²) in [6.07, 6.45) is 25.2. The molecule has 0 aliphatic carbocycles. The van der Waals surface area contributed by atoms with Gasteiger partial charge in [-0.3, -0.25) is 0 Å². The molecule has 0 rings (SSSR count). The van der Waals surface area contributed by atoms with Crippen molar-refractivity contribution in [3.63, 3.8) is 0 Å². The van der Waals surface area contributed by atoms with Gasteiger partial charge in [-0.25, -0.2) is 0 Å². The molecule has 0 heteroatoms. The van der Waals surface area contributed by atoms with Gasteiger partial charge in [-0.05, 0) is 31.4 Å². The minimum Gasteiger partial charge on any atom is -0.130 e. The molecule has 0 aromatic carbocycles. The van der Waals surface area contributed by atoms with Crippen LogP contribution < -0.4 is 0 Å². The van der Waals surface area contributed by atoms with Gasteiger partial charge in [0.15, 0.2) is 0 Å². The van der Waals surface area contributed by atoms with E-state index >= 15 is 0 Å². The maximum Gasteiger partial charge on any atom is -0.0274 e. The van der Waals surface area contributed by atoms with Crippen LogP contribution in [0.15, 0.2) is 17.9 Å². The first-order valence-corrected chi connectivity index (χ1v) is 9.31. The van der Waals surface area contributed by atoms with Gasteiger partial charge in [0.25, 0.3) is 0 Å². The molecule has 20 heavy (non-hydrogen) atoms. The van der Waals surface area contributed by atoms with Gasteiger partial charge in [-0.15, -0.1) is 5.73 Å². The first kappa shape index (κ1) is 19.5. The SMILES string of the molecule is CCCC=C=CCCCCCCCCCCCCCC. The topological polar surface area (TPSA) is 0 Å². The van der Waals surface area contributed by atoms with Gasteiger partial charge in [0.05, 0.1) is 0 Å². The lowest BCUT2D eigenvalue weighted by Crippen LogP contribution is -1.82. The molecular weight excluding hydrogens is 240 g/mol. The van der Waals surface area contributed by atoms with E-state index in [4.69, 9.17) is 0 Å².